The van der Waals surface area contributed by atoms with Gasteiger partial charge in [-0.1, -0.05) is 56.0 Å². The lowest BCUT2D eigenvalue weighted by Gasteiger charge is -2.35. The Labute approximate surface area is 144 Å². The van der Waals surface area contributed by atoms with Gasteiger partial charge in [0.2, 0.25) is 11.8 Å². The fourth-order valence-corrected chi connectivity index (χ4v) is 4.00. The third-order valence-electron chi connectivity index (χ3n) is 5.36. The van der Waals surface area contributed by atoms with Gasteiger partial charge in [0.15, 0.2) is 0 Å². The van der Waals surface area contributed by atoms with Crippen LogP contribution in [0.4, 0.5) is 0 Å². The van der Waals surface area contributed by atoms with Crippen molar-refractivity contribution < 1.29 is 9.59 Å². The van der Waals surface area contributed by atoms with Gasteiger partial charge in [-0.2, -0.15) is 0 Å². The molecule has 1 aromatic carbocycles. The maximum absolute atomic E-state index is 13.2. The minimum Gasteiger partial charge on any atom is -0.351 e. The van der Waals surface area contributed by atoms with Crippen LogP contribution in [0.5, 0.6) is 0 Å². The molecular formula is C20H28N2O2. The van der Waals surface area contributed by atoms with Gasteiger partial charge in [-0.15, -0.1) is 0 Å². The molecule has 0 radical (unpaired) electrons. The number of carbonyl (C=O) groups is 2. The molecule has 0 aromatic heterocycles. The van der Waals surface area contributed by atoms with Crippen LogP contribution in [-0.2, 0) is 16.0 Å². The average molecular weight is 328 g/mol. The number of carbonyl (C=O) groups excluding carboxylic acids is 2. The van der Waals surface area contributed by atoms with E-state index in [1.54, 1.807) is 0 Å². The Balaban J connectivity index is 1.79. The molecule has 1 saturated heterocycles. The lowest BCUT2D eigenvalue weighted by molar-refractivity contribution is -0.134. The molecule has 130 valence electrons. The van der Waals surface area contributed by atoms with Gasteiger partial charge in [0.1, 0.15) is 5.54 Å². The summed E-state index contributed by atoms with van der Waals surface area (Å²) in [5.41, 5.74) is 0.297. The Kier molecular flexibility index (Phi) is 5.54. The number of rotatable bonds is 4. The van der Waals surface area contributed by atoms with Crippen LogP contribution in [0.15, 0.2) is 30.3 Å². The van der Waals surface area contributed by atoms with E-state index in [9.17, 15) is 9.59 Å². The molecule has 3 rings (SSSR count). The average Bonchev–Trinajstić information content (AvgIpc) is 2.79. The number of hydrogen-bond acceptors (Lipinski definition) is 2. The maximum Gasteiger partial charge on any atom is 0.246 e. The zero-order valence-corrected chi connectivity index (χ0v) is 14.4. The summed E-state index contributed by atoms with van der Waals surface area (Å²) in [6.07, 6.45) is 9.31. The summed E-state index contributed by atoms with van der Waals surface area (Å²) < 4.78 is 0. The zero-order chi connectivity index (χ0) is 16.8. The summed E-state index contributed by atoms with van der Waals surface area (Å²) in [5, 5.41) is 6.32. The van der Waals surface area contributed by atoms with Crippen LogP contribution in [0.2, 0.25) is 0 Å². The first-order valence-electron chi connectivity index (χ1n) is 9.34. The molecular weight excluding hydrogens is 300 g/mol. The van der Waals surface area contributed by atoms with Gasteiger partial charge < -0.3 is 10.6 Å². The van der Waals surface area contributed by atoms with Gasteiger partial charge >= 0.3 is 0 Å². The van der Waals surface area contributed by atoms with Crippen molar-refractivity contribution in [2.75, 3.05) is 0 Å². The number of hydrogen-bond donors (Lipinski definition) is 2. The molecule has 0 bridgehead atoms. The molecule has 2 N–H and O–H groups in total. The van der Waals surface area contributed by atoms with Crippen LogP contribution in [0.1, 0.15) is 63.4 Å². The molecule has 4 heteroatoms. The highest BCUT2D eigenvalue weighted by molar-refractivity contribution is 5.92. The molecule has 1 aliphatic heterocycles. The molecule has 1 atom stereocenters. The van der Waals surface area contributed by atoms with Crippen LogP contribution < -0.4 is 10.6 Å². The normalized spacial score (nSPS) is 25.6. The minimum absolute atomic E-state index is 0.00206. The lowest BCUT2D eigenvalue weighted by atomic mass is 9.84. The highest BCUT2D eigenvalue weighted by Crippen LogP contribution is 2.26. The van der Waals surface area contributed by atoms with Crippen LogP contribution in [0.25, 0.3) is 0 Å². The first kappa shape index (κ1) is 17.0. The Bertz CT molecular complexity index is 566. The molecule has 2 aliphatic rings. The van der Waals surface area contributed by atoms with E-state index < -0.39 is 5.54 Å². The SMILES string of the molecule is O=C1CCCCC(Cc2ccccc2)(C(=O)NC2CCCCC2)N1. The van der Waals surface area contributed by atoms with Gasteiger partial charge in [-0.25, -0.2) is 0 Å². The summed E-state index contributed by atoms with van der Waals surface area (Å²) in [4.78, 5) is 25.4. The third kappa shape index (κ3) is 4.16. The Morgan fingerprint density at radius 1 is 1.08 bits per heavy atom. The van der Waals surface area contributed by atoms with E-state index >= 15 is 0 Å². The number of nitrogens with one attached hydrogen (secondary N) is 2. The summed E-state index contributed by atoms with van der Waals surface area (Å²) in [7, 11) is 0. The zero-order valence-electron chi connectivity index (χ0n) is 14.4. The fourth-order valence-electron chi connectivity index (χ4n) is 4.00. The van der Waals surface area contributed by atoms with Crippen molar-refractivity contribution in [2.45, 2.75) is 75.8 Å². The second-order valence-corrected chi connectivity index (χ2v) is 7.31. The highest BCUT2D eigenvalue weighted by Gasteiger charge is 2.41. The summed E-state index contributed by atoms with van der Waals surface area (Å²) in [5.74, 6) is 0.00993. The molecule has 0 spiro atoms. The van der Waals surface area contributed by atoms with Gasteiger partial charge in [-0.05, 0) is 31.2 Å². The van der Waals surface area contributed by atoms with Crippen molar-refractivity contribution in [1.29, 1.82) is 0 Å². The smallest absolute Gasteiger partial charge is 0.246 e. The Morgan fingerprint density at radius 3 is 2.58 bits per heavy atom. The standard InChI is InChI=1S/C20H28N2O2/c23-18-13-7-8-14-20(22-18,15-16-9-3-1-4-10-16)19(24)21-17-11-5-2-6-12-17/h1,3-4,9-10,17H,2,5-8,11-15H2,(H,21,24)(H,22,23). The van der Waals surface area contributed by atoms with Gasteiger partial charge in [0.05, 0.1) is 0 Å². The predicted molar refractivity (Wildman–Crippen MR) is 94.5 cm³/mol. The first-order chi connectivity index (χ1) is 11.7. The van der Waals surface area contributed by atoms with Crippen molar-refractivity contribution >= 4 is 11.8 Å². The molecule has 1 saturated carbocycles. The Hall–Kier alpha value is -1.84. The summed E-state index contributed by atoms with van der Waals surface area (Å²) in [6.45, 7) is 0. The number of amides is 2. The molecule has 4 nitrogen and oxygen atoms in total. The highest BCUT2D eigenvalue weighted by atomic mass is 16.2. The molecule has 1 aliphatic carbocycles. The molecule has 24 heavy (non-hydrogen) atoms. The van der Waals surface area contributed by atoms with Crippen molar-refractivity contribution in [3.8, 4) is 0 Å². The van der Waals surface area contributed by atoms with Crippen LogP contribution in [0, 0.1) is 0 Å². The second-order valence-electron chi connectivity index (χ2n) is 7.31. The summed E-state index contributed by atoms with van der Waals surface area (Å²) in [6, 6.07) is 10.3. The maximum atomic E-state index is 13.2. The van der Waals surface area contributed by atoms with Crippen molar-refractivity contribution in [3.05, 3.63) is 35.9 Å². The minimum atomic E-state index is -0.799. The van der Waals surface area contributed by atoms with E-state index in [0.717, 1.165) is 31.2 Å². The lowest BCUT2D eigenvalue weighted by Crippen LogP contribution is -2.61. The van der Waals surface area contributed by atoms with Gasteiger partial charge in [-0.3, -0.25) is 9.59 Å². The topological polar surface area (TPSA) is 58.2 Å². The Morgan fingerprint density at radius 2 is 1.83 bits per heavy atom. The van der Waals surface area contributed by atoms with E-state index in [0.29, 0.717) is 19.3 Å². The van der Waals surface area contributed by atoms with Crippen LogP contribution >= 0.6 is 0 Å². The summed E-state index contributed by atoms with van der Waals surface area (Å²) >= 11 is 0. The van der Waals surface area contributed by atoms with Crippen molar-refractivity contribution in [1.82, 2.24) is 10.6 Å². The van der Waals surface area contributed by atoms with E-state index in [1.165, 1.54) is 19.3 Å². The van der Waals surface area contributed by atoms with E-state index in [4.69, 9.17) is 0 Å². The van der Waals surface area contributed by atoms with Crippen molar-refractivity contribution in [2.24, 2.45) is 0 Å². The van der Waals surface area contributed by atoms with Crippen LogP contribution in [0.3, 0.4) is 0 Å². The first-order valence-corrected chi connectivity index (χ1v) is 9.34. The van der Waals surface area contributed by atoms with Crippen molar-refractivity contribution in [3.63, 3.8) is 0 Å². The van der Waals surface area contributed by atoms with E-state index in [1.807, 2.05) is 30.3 Å². The largest absolute Gasteiger partial charge is 0.351 e. The van der Waals surface area contributed by atoms with E-state index in [-0.39, 0.29) is 17.9 Å². The third-order valence-corrected chi connectivity index (χ3v) is 5.36. The molecule has 2 fully saturated rings. The predicted octanol–water partition coefficient (Wildman–Crippen LogP) is 3.11. The quantitative estimate of drug-likeness (QED) is 0.892. The molecule has 1 heterocycles. The molecule has 1 aromatic rings. The second kappa shape index (κ2) is 7.82. The fraction of sp³-hybridized carbons (Fsp3) is 0.600. The monoisotopic (exact) mass is 328 g/mol. The van der Waals surface area contributed by atoms with E-state index in [2.05, 4.69) is 10.6 Å². The van der Waals surface area contributed by atoms with Gasteiger partial charge in [0.25, 0.3) is 0 Å². The van der Waals surface area contributed by atoms with Gasteiger partial charge in [0, 0.05) is 18.9 Å². The number of benzene rings is 1. The molecule has 2 amide bonds. The van der Waals surface area contributed by atoms with Crippen LogP contribution in [-0.4, -0.2) is 23.4 Å². The molecule has 1 unspecified atom stereocenters.